The SMILES string of the molecule is CC(=O)c1ncc(-c2cc(Cl)ccc2F)[nH]1. The maximum Gasteiger partial charge on any atom is 0.194 e. The molecule has 0 atom stereocenters. The number of imidazole rings is 1. The molecule has 0 radical (unpaired) electrons. The van der Waals surface area contributed by atoms with Crippen molar-refractivity contribution in [3.63, 3.8) is 0 Å². The van der Waals surface area contributed by atoms with Crippen LogP contribution in [0.5, 0.6) is 0 Å². The minimum Gasteiger partial charge on any atom is -0.335 e. The summed E-state index contributed by atoms with van der Waals surface area (Å²) in [5, 5.41) is 0.426. The molecule has 0 amide bonds. The third-order valence-electron chi connectivity index (χ3n) is 2.13. The Morgan fingerprint density at radius 2 is 2.25 bits per heavy atom. The minimum absolute atomic E-state index is 0.200. The lowest BCUT2D eigenvalue weighted by atomic mass is 10.1. The van der Waals surface area contributed by atoms with Crippen LogP contribution in [0.25, 0.3) is 11.3 Å². The summed E-state index contributed by atoms with van der Waals surface area (Å²) in [4.78, 5) is 17.6. The minimum atomic E-state index is -0.414. The quantitative estimate of drug-likeness (QED) is 0.818. The lowest BCUT2D eigenvalue weighted by Crippen LogP contribution is -1.94. The number of nitrogens with one attached hydrogen (secondary N) is 1. The molecule has 1 aromatic heterocycles. The van der Waals surface area contributed by atoms with E-state index in [9.17, 15) is 9.18 Å². The fourth-order valence-corrected chi connectivity index (χ4v) is 1.51. The van der Waals surface area contributed by atoms with Gasteiger partial charge in [-0.05, 0) is 18.2 Å². The molecule has 0 bridgehead atoms. The zero-order valence-electron chi connectivity index (χ0n) is 8.42. The van der Waals surface area contributed by atoms with Crippen molar-refractivity contribution in [2.45, 2.75) is 6.92 Å². The molecule has 1 N–H and O–H groups in total. The normalized spacial score (nSPS) is 10.4. The van der Waals surface area contributed by atoms with E-state index in [0.29, 0.717) is 16.3 Å². The summed E-state index contributed by atoms with van der Waals surface area (Å²) in [6.45, 7) is 1.39. The van der Waals surface area contributed by atoms with Gasteiger partial charge in [-0.15, -0.1) is 0 Å². The van der Waals surface area contributed by atoms with Gasteiger partial charge in [0, 0.05) is 17.5 Å². The predicted molar refractivity (Wildman–Crippen MR) is 59.0 cm³/mol. The van der Waals surface area contributed by atoms with Crippen molar-refractivity contribution in [2.75, 3.05) is 0 Å². The maximum absolute atomic E-state index is 13.5. The molecule has 5 heteroatoms. The molecule has 3 nitrogen and oxygen atoms in total. The fourth-order valence-electron chi connectivity index (χ4n) is 1.34. The Bertz CT molecular complexity index is 551. The molecule has 0 aliphatic rings. The van der Waals surface area contributed by atoms with Crippen LogP contribution in [0.15, 0.2) is 24.4 Å². The third-order valence-corrected chi connectivity index (χ3v) is 2.36. The Hall–Kier alpha value is -1.68. The fraction of sp³-hybridized carbons (Fsp3) is 0.0909. The summed E-state index contributed by atoms with van der Waals surface area (Å²) < 4.78 is 13.5. The number of Topliss-reactive ketones (excluding diaryl/α,β-unsaturated/α-hetero) is 1. The van der Waals surface area contributed by atoms with Crippen LogP contribution in [0, 0.1) is 5.82 Å². The van der Waals surface area contributed by atoms with Crippen LogP contribution in [0.4, 0.5) is 4.39 Å². The smallest absolute Gasteiger partial charge is 0.194 e. The van der Waals surface area contributed by atoms with Crippen molar-refractivity contribution in [1.29, 1.82) is 0 Å². The summed E-state index contributed by atoms with van der Waals surface area (Å²) in [6.07, 6.45) is 1.41. The van der Waals surface area contributed by atoms with E-state index in [2.05, 4.69) is 9.97 Å². The standard InChI is InChI=1S/C11H8ClFN2O/c1-6(16)11-14-5-10(15-11)8-4-7(12)2-3-9(8)13/h2-5H,1H3,(H,14,15). The van der Waals surface area contributed by atoms with Gasteiger partial charge in [0.2, 0.25) is 0 Å². The number of halogens is 2. The second-order valence-corrected chi connectivity index (χ2v) is 3.76. The molecular weight excluding hydrogens is 231 g/mol. The van der Waals surface area contributed by atoms with Crippen molar-refractivity contribution in [3.8, 4) is 11.3 Å². The molecular formula is C11H8ClFN2O. The maximum atomic E-state index is 13.5. The lowest BCUT2D eigenvalue weighted by molar-refractivity contribution is 0.100. The molecule has 0 aliphatic carbocycles. The average Bonchev–Trinajstić information content (AvgIpc) is 2.70. The summed E-state index contributed by atoms with van der Waals surface area (Å²) >= 11 is 5.77. The Morgan fingerprint density at radius 3 is 2.88 bits per heavy atom. The molecule has 82 valence electrons. The number of carbonyl (C=O) groups is 1. The van der Waals surface area contributed by atoms with Gasteiger partial charge in [0.25, 0.3) is 0 Å². The van der Waals surface area contributed by atoms with Gasteiger partial charge < -0.3 is 4.98 Å². The number of carbonyl (C=O) groups excluding carboxylic acids is 1. The Morgan fingerprint density at radius 1 is 1.50 bits per heavy atom. The zero-order valence-corrected chi connectivity index (χ0v) is 9.18. The lowest BCUT2D eigenvalue weighted by Gasteiger charge is -2.00. The van der Waals surface area contributed by atoms with Gasteiger partial charge in [0.15, 0.2) is 11.6 Å². The van der Waals surface area contributed by atoms with E-state index >= 15 is 0 Å². The topological polar surface area (TPSA) is 45.8 Å². The highest BCUT2D eigenvalue weighted by atomic mass is 35.5. The van der Waals surface area contributed by atoms with Gasteiger partial charge in [-0.3, -0.25) is 4.79 Å². The number of nitrogens with zero attached hydrogens (tertiary/aromatic N) is 1. The van der Waals surface area contributed by atoms with Crippen LogP contribution >= 0.6 is 11.6 Å². The van der Waals surface area contributed by atoms with Crippen molar-refractivity contribution in [3.05, 3.63) is 41.1 Å². The second-order valence-electron chi connectivity index (χ2n) is 3.33. The summed E-state index contributed by atoms with van der Waals surface area (Å²) in [5.74, 6) is -0.411. The molecule has 0 saturated carbocycles. The van der Waals surface area contributed by atoms with Gasteiger partial charge in [-0.2, -0.15) is 0 Å². The van der Waals surface area contributed by atoms with Crippen molar-refractivity contribution >= 4 is 17.4 Å². The Balaban J connectivity index is 2.50. The van der Waals surface area contributed by atoms with Gasteiger partial charge in [-0.25, -0.2) is 9.37 Å². The molecule has 0 fully saturated rings. The predicted octanol–water partition coefficient (Wildman–Crippen LogP) is 3.07. The molecule has 2 aromatic rings. The number of hydrogen-bond acceptors (Lipinski definition) is 2. The summed E-state index contributed by atoms with van der Waals surface area (Å²) in [7, 11) is 0. The molecule has 0 saturated heterocycles. The van der Waals surface area contributed by atoms with Gasteiger partial charge >= 0.3 is 0 Å². The van der Waals surface area contributed by atoms with Crippen LogP contribution < -0.4 is 0 Å². The molecule has 0 aliphatic heterocycles. The van der Waals surface area contributed by atoms with Gasteiger partial charge in [-0.1, -0.05) is 11.6 Å². The third kappa shape index (κ3) is 1.97. The highest BCUT2D eigenvalue weighted by molar-refractivity contribution is 6.30. The molecule has 16 heavy (non-hydrogen) atoms. The van der Waals surface area contributed by atoms with Crippen molar-refractivity contribution in [1.82, 2.24) is 9.97 Å². The number of aromatic nitrogens is 2. The highest BCUT2D eigenvalue weighted by Crippen LogP contribution is 2.24. The molecule has 0 unspecified atom stereocenters. The summed E-state index contributed by atoms with van der Waals surface area (Å²) in [5.41, 5.74) is 0.734. The van der Waals surface area contributed by atoms with E-state index in [0.717, 1.165) is 0 Å². The van der Waals surface area contributed by atoms with E-state index in [1.807, 2.05) is 0 Å². The molecule has 2 rings (SSSR count). The van der Waals surface area contributed by atoms with Gasteiger partial charge in [0.1, 0.15) is 5.82 Å². The first kappa shape index (κ1) is 10.8. The Kier molecular flexibility index (Phi) is 2.75. The molecule has 1 heterocycles. The Labute approximate surface area is 96.3 Å². The van der Waals surface area contributed by atoms with Crippen molar-refractivity contribution in [2.24, 2.45) is 0 Å². The number of benzene rings is 1. The van der Waals surface area contributed by atoms with Crippen LogP contribution in [-0.2, 0) is 0 Å². The molecule has 0 spiro atoms. The monoisotopic (exact) mass is 238 g/mol. The van der Waals surface area contributed by atoms with E-state index in [4.69, 9.17) is 11.6 Å². The van der Waals surface area contributed by atoms with E-state index < -0.39 is 5.82 Å². The number of aromatic amines is 1. The molecule has 1 aromatic carbocycles. The first-order valence-corrected chi connectivity index (χ1v) is 4.97. The van der Waals surface area contributed by atoms with E-state index in [1.165, 1.54) is 31.3 Å². The largest absolute Gasteiger partial charge is 0.335 e. The number of hydrogen-bond donors (Lipinski definition) is 1. The van der Waals surface area contributed by atoms with Gasteiger partial charge in [0.05, 0.1) is 11.9 Å². The number of H-pyrrole nitrogens is 1. The average molecular weight is 239 g/mol. The van der Waals surface area contributed by atoms with Crippen LogP contribution in [-0.4, -0.2) is 15.8 Å². The summed E-state index contributed by atoms with van der Waals surface area (Å²) in [6, 6.07) is 4.21. The van der Waals surface area contributed by atoms with Crippen molar-refractivity contribution < 1.29 is 9.18 Å². The van der Waals surface area contributed by atoms with Crippen LogP contribution in [0.3, 0.4) is 0 Å². The van der Waals surface area contributed by atoms with Crippen LogP contribution in [0.1, 0.15) is 17.5 Å². The number of ketones is 1. The second kappa shape index (κ2) is 4.06. The first-order valence-electron chi connectivity index (χ1n) is 4.59. The first-order chi connectivity index (χ1) is 7.58. The zero-order chi connectivity index (χ0) is 11.7. The number of rotatable bonds is 2. The van der Waals surface area contributed by atoms with E-state index in [-0.39, 0.29) is 11.6 Å². The van der Waals surface area contributed by atoms with Crippen LogP contribution in [0.2, 0.25) is 5.02 Å². The highest BCUT2D eigenvalue weighted by Gasteiger charge is 2.10. The van der Waals surface area contributed by atoms with E-state index in [1.54, 1.807) is 0 Å².